The summed E-state index contributed by atoms with van der Waals surface area (Å²) in [5.74, 6) is 0.801. The molecule has 144 valence electrons. The van der Waals surface area contributed by atoms with E-state index in [1.165, 1.54) is 10.4 Å². The molecule has 0 spiro atoms. The van der Waals surface area contributed by atoms with Gasteiger partial charge in [-0.3, -0.25) is 4.79 Å². The molecule has 1 fully saturated rings. The van der Waals surface area contributed by atoms with Crippen LogP contribution in [0.2, 0.25) is 0 Å². The van der Waals surface area contributed by atoms with Crippen molar-refractivity contribution in [3.8, 4) is 5.75 Å². The van der Waals surface area contributed by atoms with Gasteiger partial charge in [-0.05, 0) is 24.3 Å². The highest BCUT2D eigenvalue weighted by atomic mass is 32.2. The van der Waals surface area contributed by atoms with E-state index in [1.54, 1.807) is 12.0 Å². The Morgan fingerprint density at radius 2 is 1.85 bits per heavy atom. The first-order chi connectivity index (χ1) is 12.3. The third-order valence-electron chi connectivity index (χ3n) is 4.45. The highest BCUT2D eigenvalue weighted by molar-refractivity contribution is 7.88. The van der Waals surface area contributed by atoms with Crippen LogP contribution >= 0.6 is 0 Å². The van der Waals surface area contributed by atoms with Gasteiger partial charge in [0.25, 0.3) is 0 Å². The van der Waals surface area contributed by atoms with Crippen molar-refractivity contribution in [3.05, 3.63) is 36.9 Å². The summed E-state index contributed by atoms with van der Waals surface area (Å²) in [6, 6.07) is 7.86. The number of nitrogens with zero attached hydrogens (tertiary/aromatic N) is 3. The third-order valence-corrected chi connectivity index (χ3v) is 5.72. The first kappa shape index (κ1) is 20.3. The Kier molecular flexibility index (Phi) is 7.05. The summed E-state index contributed by atoms with van der Waals surface area (Å²) in [7, 11) is -1.69. The van der Waals surface area contributed by atoms with Crippen LogP contribution in [0.25, 0.3) is 0 Å². The van der Waals surface area contributed by atoms with Crippen LogP contribution < -0.4 is 9.64 Å². The van der Waals surface area contributed by atoms with Gasteiger partial charge >= 0.3 is 0 Å². The lowest BCUT2D eigenvalue weighted by Gasteiger charge is -2.36. The Hall–Kier alpha value is -2.06. The second-order valence-electron chi connectivity index (χ2n) is 6.23. The number of hydrogen-bond acceptors (Lipinski definition) is 5. The molecule has 0 N–H and O–H groups in total. The van der Waals surface area contributed by atoms with E-state index in [1.807, 2.05) is 24.3 Å². The number of carbonyl (C=O) groups is 1. The van der Waals surface area contributed by atoms with E-state index in [-0.39, 0.29) is 25.4 Å². The zero-order chi connectivity index (χ0) is 19.2. The predicted molar refractivity (Wildman–Crippen MR) is 103 cm³/mol. The number of carbonyl (C=O) groups excluding carboxylic acids is 1. The topological polar surface area (TPSA) is 70.2 Å². The van der Waals surface area contributed by atoms with Crippen molar-refractivity contribution in [1.82, 2.24) is 9.21 Å². The van der Waals surface area contributed by atoms with Crippen molar-refractivity contribution < 1.29 is 17.9 Å². The van der Waals surface area contributed by atoms with Crippen molar-refractivity contribution in [2.24, 2.45) is 0 Å². The number of rotatable bonds is 8. The Morgan fingerprint density at radius 1 is 1.23 bits per heavy atom. The molecule has 0 atom stereocenters. The van der Waals surface area contributed by atoms with Crippen molar-refractivity contribution in [1.29, 1.82) is 0 Å². The van der Waals surface area contributed by atoms with Gasteiger partial charge in [-0.2, -0.15) is 4.31 Å². The molecular formula is C18H27N3O4S. The number of ether oxygens (including phenoxy) is 1. The van der Waals surface area contributed by atoms with E-state index >= 15 is 0 Å². The third kappa shape index (κ3) is 5.47. The predicted octanol–water partition coefficient (Wildman–Crippen LogP) is 1.18. The average Bonchev–Trinajstić information content (AvgIpc) is 2.64. The quantitative estimate of drug-likeness (QED) is 0.633. The number of piperazine rings is 1. The van der Waals surface area contributed by atoms with Crippen LogP contribution in [0.1, 0.15) is 6.42 Å². The van der Waals surface area contributed by atoms with Gasteiger partial charge in [0.1, 0.15) is 5.75 Å². The fourth-order valence-electron chi connectivity index (χ4n) is 2.92. The second-order valence-corrected chi connectivity index (χ2v) is 8.21. The van der Waals surface area contributed by atoms with Crippen LogP contribution in [-0.4, -0.2) is 76.2 Å². The minimum Gasteiger partial charge on any atom is -0.497 e. The first-order valence-electron chi connectivity index (χ1n) is 8.58. The molecule has 1 aliphatic rings. The van der Waals surface area contributed by atoms with Crippen LogP contribution in [0.5, 0.6) is 5.75 Å². The highest BCUT2D eigenvalue weighted by Gasteiger charge is 2.23. The lowest BCUT2D eigenvalue weighted by atomic mass is 10.2. The zero-order valence-corrected chi connectivity index (χ0v) is 16.2. The van der Waals surface area contributed by atoms with Crippen LogP contribution in [0.3, 0.4) is 0 Å². The molecule has 1 aliphatic heterocycles. The highest BCUT2D eigenvalue weighted by Crippen LogP contribution is 2.20. The molecule has 26 heavy (non-hydrogen) atoms. The molecule has 7 nitrogen and oxygen atoms in total. The van der Waals surface area contributed by atoms with Crippen LogP contribution in [0.15, 0.2) is 36.9 Å². The van der Waals surface area contributed by atoms with E-state index < -0.39 is 10.0 Å². The minimum absolute atomic E-state index is 0.0166. The van der Waals surface area contributed by atoms with Crippen molar-refractivity contribution in [2.45, 2.75) is 6.42 Å². The monoisotopic (exact) mass is 381 g/mol. The van der Waals surface area contributed by atoms with Gasteiger partial charge in [-0.25, -0.2) is 8.42 Å². The number of anilines is 1. The van der Waals surface area contributed by atoms with Gasteiger partial charge in [-0.15, -0.1) is 6.58 Å². The molecule has 1 amide bonds. The fourth-order valence-corrected chi connectivity index (χ4v) is 3.72. The van der Waals surface area contributed by atoms with Crippen molar-refractivity contribution in [3.63, 3.8) is 0 Å². The largest absolute Gasteiger partial charge is 0.497 e. The first-order valence-corrected chi connectivity index (χ1v) is 10.4. The summed E-state index contributed by atoms with van der Waals surface area (Å²) < 4.78 is 29.8. The minimum atomic E-state index is -3.33. The molecule has 8 heteroatoms. The molecule has 0 saturated carbocycles. The maximum absolute atomic E-state index is 12.4. The molecular weight excluding hydrogens is 354 g/mol. The van der Waals surface area contributed by atoms with Gasteiger partial charge in [-0.1, -0.05) is 6.08 Å². The molecule has 0 unspecified atom stereocenters. The normalized spacial score (nSPS) is 15.2. The van der Waals surface area contributed by atoms with Crippen LogP contribution in [0.4, 0.5) is 5.69 Å². The van der Waals surface area contributed by atoms with Crippen LogP contribution in [-0.2, 0) is 14.8 Å². The Bertz CT molecular complexity index is 710. The fraction of sp³-hybridized carbons (Fsp3) is 0.500. The number of benzene rings is 1. The number of sulfonamides is 1. The second kappa shape index (κ2) is 9.05. The Morgan fingerprint density at radius 3 is 2.35 bits per heavy atom. The SMILES string of the molecule is C=CCN(CCC(=O)N1CCN(c2ccc(OC)cc2)CC1)S(C)(=O)=O. The summed E-state index contributed by atoms with van der Waals surface area (Å²) in [6.45, 7) is 6.73. The van der Waals surface area contributed by atoms with E-state index in [9.17, 15) is 13.2 Å². The summed E-state index contributed by atoms with van der Waals surface area (Å²) >= 11 is 0. The van der Waals surface area contributed by atoms with Gasteiger partial charge in [0.05, 0.1) is 13.4 Å². The van der Waals surface area contributed by atoms with Gasteiger partial charge in [0, 0.05) is 51.4 Å². The van der Waals surface area contributed by atoms with E-state index in [0.29, 0.717) is 13.1 Å². The summed E-state index contributed by atoms with van der Waals surface area (Å²) in [5, 5.41) is 0. The lowest BCUT2D eigenvalue weighted by Crippen LogP contribution is -2.49. The molecule has 1 aromatic rings. The molecule has 0 bridgehead atoms. The summed E-state index contributed by atoms with van der Waals surface area (Å²) in [6.07, 6.45) is 2.86. The Balaban J connectivity index is 1.84. The molecule has 2 rings (SSSR count). The van der Waals surface area contributed by atoms with Crippen LogP contribution in [0, 0.1) is 0 Å². The van der Waals surface area contributed by atoms with Crippen molar-refractivity contribution >= 4 is 21.6 Å². The smallest absolute Gasteiger partial charge is 0.224 e. The molecule has 1 saturated heterocycles. The maximum atomic E-state index is 12.4. The standard InChI is InChI=1S/C18H27N3O4S/c1-4-10-21(26(3,23)24)11-9-18(22)20-14-12-19(13-15-20)16-5-7-17(25-2)8-6-16/h4-8H,1,9-15H2,2-3H3. The van der Waals surface area contributed by atoms with Crippen molar-refractivity contribution in [2.75, 3.05) is 57.5 Å². The van der Waals surface area contributed by atoms with E-state index in [0.717, 1.165) is 30.8 Å². The summed E-state index contributed by atoms with van der Waals surface area (Å²) in [5.41, 5.74) is 1.10. The summed E-state index contributed by atoms with van der Waals surface area (Å²) in [4.78, 5) is 16.4. The van der Waals surface area contributed by atoms with E-state index in [2.05, 4.69) is 11.5 Å². The van der Waals surface area contributed by atoms with Gasteiger partial charge in [0.2, 0.25) is 15.9 Å². The molecule has 0 aliphatic carbocycles. The molecule has 0 radical (unpaired) electrons. The van der Waals surface area contributed by atoms with Gasteiger partial charge in [0.15, 0.2) is 0 Å². The average molecular weight is 381 g/mol. The number of amides is 1. The van der Waals surface area contributed by atoms with E-state index in [4.69, 9.17) is 4.74 Å². The molecule has 1 aromatic carbocycles. The number of hydrogen-bond donors (Lipinski definition) is 0. The Labute approximate surface area is 155 Å². The zero-order valence-electron chi connectivity index (χ0n) is 15.4. The van der Waals surface area contributed by atoms with Gasteiger partial charge < -0.3 is 14.5 Å². The molecule has 0 aromatic heterocycles. The lowest BCUT2D eigenvalue weighted by molar-refractivity contribution is -0.131. The maximum Gasteiger partial charge on any atom is 0.224 e. The molecule has 1 heterocycles. The number of methoxy groups -OCH3 is 1.